The third-order valence-electron chi connectivity index (χ3n) is 2.93. The van der Waals surface area contributed by atoms with Gasteiger partial charge in [-0.25, -0.2) is 0 Å². The monoisotopic (exact) mass is 298 g/mol. The van der Waals surface area contributed by atoms with E-state index < -0.39 is 5.97 Å². The number of carboxylic acid groups (broad SMARTS) is 1. The first-order chi connectivity index (χ1) is 9.67. The molecule has 0 aliphatic heterocycles. The Bertz CT molecular complexity index is 420. The third kappa shape index (κ3) is 6.19. The van der Waals surface area contributed by atoms with Crippen LogP contribution in [0.4, 0.5) is 0 Å². The molecule has 0 atom stereocenters. The van der Waals surface area contributed by atoms with Crippen LogP contribution in [0.1, 0.15) is 31.2 Å². The minimum absolute atomic E-state index is 0.275. The van der Waals surface area contributed by atoms with Gasteiger partial charge in [-0.05, 0) is 24.7 Å². The number of methoxy groups -OCH3 is 2. The second-order valence-corrected chi connectivity index (χ2v) is 5.54. The molecular weight excluding hydrogens is 276 g/mol. The number of rotatable bonds is 10. The summed E-state index contributed by atoms with van der Waals surface area (Å²) in [5.41, 5.74) is 1.16. The van der Waals surface area contributed by atoms with Crippen LogP contribution in [-0.4, -0.2) is 31.0 Å². The van der Waals surface area contributed by atoms with Crippen molar-refractivity contribution in [1.82, 2.24) is 0 Å². The van der Waals surface area contributed by atoms with Gasteiger partial charge in [0.25, 0.3) is 0 Å². The Morgan fingerprint density at radius 3 is 2.65 bits per heavy atom. The van der Waals surface area contributed by atoms with Gasteiger partial charge in [0, 0.05) is 23.8 Å². The molecule has 0 heterocycles. The molecule has 0 aliphatic carbocycles. The zero-order chi connectivity index (χ0) is 14.8. The van der Waals surface area contributed by atoms with Crippen molar-refractivity contribution in [2.45, 2.75) is 31.4 Å². The van der Waals surface area contributed by atoms with Crippen molar-refractivity contribution in [2.75, 3.05) is 20.0 Å². The maximum absolute atomic E-state index is 10.4. The summed E-state index contributed by atoms with van der Waals surface area (Å²) in [4.78, 5) is 10.4. The highest BCUT2D eigenvalue weighted by Gasteiger charge is 2.05. The van der Waals surface area contributed by atoms with Crippen molar-refractivity contribution in [3.8, 4) is 11.5 Å². The van der Waals surface area contributed by atoms with Crippen LogP contribution in [0.15, 0.2) is 18.2 Å². The molecule has 0 bridgehead atoms. The summed E-state index contributed by atoms with van der Waals surface area (Å²) < 4.78 is 10.5. The normalized spacial score (nSPS) is 10.3. The summed E-state index contributed by atoms with van der Waals surface area (Å²) in [6.07, 6.45) is 3.06. The van der Waals surface area contributed by atoms with Gasteiger partial charge in [0.05, 0.1) is 14.2 Å². The highest BCUT2D eigenvalue weighted by Crippen LogP contribution is 2.28. The van der Waals surface area contributed by atoms with Crippen molar-refractivity contribution in [3.05, 3.63) is 23.8 Å². The maximum Gasteiger partial charge on any atom is 0.303 e. The van der Waals surface area contributed by atoms with Crippen LogP contribution in [0.2, 0.25) is 0 Å². The van der Waals surface area contributed by atoms with Crippen molar-refractivity contribution in [3.63, 3.8) is 0 Å². The minimum Gasteiger partial charge on any atom is -0.497 e. The molecule has 0 aliphatic rings. The van der Waals surface area contributed by atoms with Crippen LogP contribution >= 0.6 is 11.8 Å². The molecule has 5 heteroatoms. The first kappa shape index (κ1) is 16.7. The van der Waals surface area contributed by atoms with Gasteiger partial charge in [-0.15, -0.1) is 0 Å². The molecule has 0 radical (unpaired) electrons. The standard InChI is InChI=1S/C15H22O4S/c1-18-13-8-7-12(14(10-13)19-2)11-20-9-5-3-4-6-15(16)17/h7-8,10H,3-6,9,11H2,1-2H3,(H,16,17). The Morgan fingerprint density at radius 1 is 1.20 bits per heavy atom. The Morgan fingerprint density at radius 2 is 2.00 bits per heavy atom. The molecule has 4 nitrogen and oxygen atoms in total. The van der Waals surface area contributed by atoms with Gasteiger partial charge in [-0.2, -0.15) is 11.8 Å². The van der Waals surface area contributed by atoms with Gasteiger partial charge in [0.2, 0.25) is 0 Å². The summed E-state index contributed by atoms with van der Waals surface area (Å²) in [5.74, 6) is 2.87. The molecule has 0 fully saturated rings. The van der Waals surface area contributed by atoms with E-state index in [4.69, 9.17) is 14.6 Å². The number of hydrogen-bond donors (Lipinski definition) is 1. The van der Waals surface area contributed by atoms with E-state index in [1.165, 1.54) is 0 Å². The average Bonchev–Trinajstić information content (AvgIpc) is 2.46. The Labute approximate surface area is 124 Å². The molecule has 20 heavy (non-hydrogen) atoms. The third-order valence-corrected chi connectivity index (χ3v) is 4.02. The van der Waals surface area contributed by atoms with Crippen molar-refractivity contribution in [1.29, 1.82) is 0 Å². The number of benzene rings is 1. The SMILES string of the molecule is COc1ccc(CSCCCCCC(=O)O)c(OC)c1. The lowest BCUT2D eigenvalue weighted by atomic mass is 10.2. The van der Waals surface area contributed by atoms with Crippen molar-refractivity contribution >= 4 is 17.7 Å². The lowest BCUT2D eigenvalue weighted by Crippen LogP contribution is -1.94. The predicted molar refractivity (Wildman–Crippen MR) is 81.8 cm³/mol. The molecule has 0 aromatic heterocycles. The van der Waals surface area contributed by atoms with E-state index in [2.05, 4.69) is 0 Å². The van der Waals surface area contributed by atoms with Crippen LogP contribution < -0.4 is 9.47 Å². The van der Waals surface area contributed by atoms with E-state index in [9.17, 15) is 4.79 Å². The van der Waals surface area contributed by atoms with E-state index >= 15 is 0 Å². The van der Waals surface area contributed by atoms with Crippen LogP contribution in [0.25, 0.3) is 0 Å². The molecule has 1 rings (SSSR count). The number of thioether (sulfide) groups is 1. The average molecular weight is 298 g/mol. The molecule has 1 N–H and O–H groups in total. The van der Waals surface area contributed by atoms with E-state index in [1.54, 1.807) is 14.2 Å². The summed E-state index contributed by atoms with van der Waals surface area (Å²) >= 11 is 1.84. The van der Waals surface area contributed by atoms with Crippen LogP contribution in [-0.2, 0) is 10.5 Å². The zero-order valence-electron chi connectivity index (χ0n) is 12.1. The smallest absolute Gasteiger partial charge is 0.303 e. The number of ether oxygens (including phenoxy) is 2. The quantitative estimate of drug-likeness (QED) is 0.669. The van der Waals surface area contributed by atoms with Gasteiger partial charge in [-0.3, -0.25) is 4.79 Å². The number of carbonyl (C=O) groups is 1. The van der Waals surface area contributed by atoms with Gasteiger partial charge in [-0.1, -0.05) is 12.5 Å². The van der Waals surface area contributed by atoms with Crippen molar-refractivity contribution in [2.24, 2.45) is 0 Å². The summed E-state index contributed by atoms with van der Waals surface area (Å²) in [5, 5.41) is 8.54. The topological polar surface area (TPSA) is 55.8 Å². The van der Waals surface area contributed by atoms with Gasteiger partial charge >= 0.3 is 5.97 Å². The van der Waals surface area contributed by atoms with Gasteiger partial charge in [0.1, 0.15) is 11.5 Å². The van der Waals surface area contributed by atoms with Crippen LogP contribution in [0, 0.1) is 0 Å². The molecule has 0 saturated carbocycles. The molecule has 0 unspecified atom stereocenters. The molecule has 112 valence electrons. The Kier molecular flexibility index (Phi) is 7.95. The molecule has 1 aromatic rings. The molecule has 1 aromatic carbocycles. The fraction of sp³-hybridized carbons (Fsp3) is 0.533. The van der Waals surface area contributed by atoms with Crippen LogP contribution in [0.3, 0.4) is 0 Å². The highest BCUT2D eigenvalue weighted by molar-refractivity contribution is 7.98. The molecule has 0 spiro atoms. The van der Waals surface area contributed by atoms with Gasteiger partial charge < -0.3 is 14.6 Å². The van der Waals surface area contributed by atoms with E-state index in [-0.39, 0.29) is 6.42 Å². The number of unbranched alkanes of at least 4 members (excludes halogenated alkanes) is 2. The van der Waals surface area contributed by atoms with E-state index in [0.29, 0.717) is 0 Å². The van der Waals surface area contributed by atoms with Gasteiger partial charge in [0.15, 0.2) is 0 Å². The largest absolute Gasteiger partial charge is 0.497 e. The molecule has 0 amide bonds. The Hall–Kier alpha value is -1.36. The maximum atomic E-state index is 10.4. The summed E-state index contributed by atoms with van der Waals surface area (Å²) in [6.45, 7) is 0. The van der Waals surface area contributed by atoms with E-state index in [1.807, 2.05) is 30.0 Å². The lowest BCUT2D eigenvalue weighted by molar-refractivity contribution is -0.137. The second kappa shape index (κ2) is 9.53. The number of hydrogen-bond acceptors (Lipinski definition) is 4. The summed E-state index contributed by atoms with van der Waals surface area (Å²) in [7, 11) is 3.30. The lowest BCUT2D eigenvalue weighted by Gasteiger charge is -2.10. The van der Waals surface area contributed by atoms with E-state index in [0.717, 1.165) is 47.8 Å². The summed E-state index contributed by atoms with van der Waals surface area (Å²) in [6, 6.07) is 5.85. The first-order valence-corrected chi connectivity index (χ1v) is 7.83. The fourth-order valence-corrected chi connectivity index (χ4v) is 2.82. The fourth-order valence-electron chi connectivity index (χ4n) is 1.81. The number of aliphatic carboxylic acids is 1. The Balaban J connectivity index is 2.26. The van der Waals surface area contributed by atoms with Crippen molar-refractivity contribution < 1.29 is 19.4 Å². The molecule has 0 saturated heterocycles. The molecular formula is C15H22O4S. The minimum atomic E-state index is -0.708. The number of carboxylic acids is 1. The predicted octanol–water partition coefficient (Wildman–Crippen LogP) is 3.58. The first-order valence-electron chi connectivity index (χ1n) is 6.67. The zero-order valence-corrected chi connectivity index (χ0v) is 12.9. The van der Waals surface area contributed by atoms with Crippen LogP contribution in [0.5, 0.6) is 11.5 Å². The second-order valence-electron chi connectivity index (χ2n) is 4.43. The highest BCUT2D eigenvalue weighted by atomic mass is 32.2.